The van der Waals surface area contributed by atoms with Gasteiger partial charge < -0.3 is 9.73 Å². The van der Waals surface area contributed by atoms with Crippen molar-refractivity contribution < 1.29 is 17.6 Å². The summed E-state index contributed by atoms with van der Waals surface area (Å²) in [6, 6.07) is 3.05. The van der Waals surface area contributed by atoms with E-state index in [2.05, 4.69) is 10.2 Å². The Morgan fingerprint density at radius 1 is 1.32 bits per heavy atom. The molecule has 2 atom stereocenters. The van der Waals surface area contributed by atoms with Crippen LogP contribution in [-0.2, 0) is 14.6 Å². The zero-order valence-electron chi connectivity index (χ0n) is 12.3. The fraction of sp³-hybridized carbons (Fsp3) is 0.533. The van der Waals surface area contributed by atoms with Crippen LogP contribution >= 0.6 is 0 Å². The minimum absolute atomic E-state index is 0.0223. The molecule has 0 aromatic carbocycles. The van der Waals surface area contributed by atoms with Gasteiger partial charge in [-0.1, -0.05) is 0 Å². The molecule has 6 nitrogen and oxygen atoms in total. The number of furan rings is 1. The Morgan fingerprint density at radius 3 is 2.77 bits per heavy atom. The average Bonchev–Trinajstić information content (AvgIpc) is 3.17. The van der Waals surface area contributed by atoms with Crippen LogP contribution in [0, 0.1) is 0 Å². The lowest BCUT2D eigenvalue weighted by Crippen LogP contribution is -2.49. The molecule has 2 aliphatic heterocycles. The van der Waals surface area contributed by atoms with Gasteiger partial charge in [0, 0.05) is 12.1 Å². The molecule has 1 amide bonds. The van der Waals surface area contributed by atoms with E-state index in [-0.39, 0.29) is 29.5 Å². The summed E-state index contributed by atoms with van der Waals surface area (Å²) in [6.45, 7) is 1.82. The van der Waals surface area contributed by atoms with E-state index >= 15 is 0 Å². The predicted octanol–water partition coefficient (Wildman–Crippen LogP) is 0.670. The molecule has 2 saturated heterocycles. The van der Waals surface area contributed by atoms with E-state index in [1.807, 2.05) is 0 Å². The van der Waals surface area contributed by atoms with Crippen molar-refractivity contribution in [2.75, 3.05) is 24.6 Å². The highest BCUT2D eigenvalue weighted by molar-refractivity contribution is 7.91. The van der Waals surface area contributed by atoms with Gasteiger partial charge in [0.15, 0.2) is 9.84 Å². The van der Waals surface area contributed by atoms with Crippen molar-refractivity contribution in [3.8, 4) is 0 Å². The Kier molecular flexibility index (Phi) is 4.35. The lowest BCUT2D eigenvalue weighted by atomic mass is 10.1. The van der Waals surface area contributed by atoms with Crippen molar-refractivity contribution in [3.63, 3.8) is 0 Å². The van der Waals surface area contributed by atoms with Crippen molar-refractivity contribution in [1.29, 1.82) is 0 Å². The molecule has 7 heteroatoms. The number of sulfone groups is 1. The predicted molar refractivity (Wildman–Crippen MR) is 82.9 cm³/mol. The first kappa shape index (κ1) is 15.3. The second-order valence-corrected chi connectivity index (χ2v) is 8.00. The van der Waals surface area contributed by atoms with Gasteiger partial charge >= 0.3 is 0 Å². The molecule has 1 aromatic heterocycles. The van der Waals surface area contributed by atoms with Crippen LogP contribution in [0.2, 0.25) is 0 Å². The highest BCUT2D eigenvalue weighted by Crippen LogP contribution is 2.22. The molecule has 0 aliphatic carbocycles. The third kappa shape index (κ3) is 3.59. The monoisotopic (exact) mass is 324 g/mol. The standard InChI is InChI=1S/C15H20N2O4S/c18-15(6-5-12-4-3-9-21-12)16-13-10-22(19,20)11-14(13)17-7-1-2-8-17/h3-6,9,13-14H,1-2,7-8,10-11H2,(H,16,18)/b6-5-/t13-,14+/m1/s1. The molecule has 0 radical (unpaired) electrons. The highest BCUT2D eigenvalue weighted by Gasteiger charge is 2.42. The topological polar surface area (TPSA) is 79.6 Å². The van der Waals surface area contributed by atoms with E-state index in [1.165, 1.54) is 12.3 Å². The quantitative estimate of drug-likeness (QED) is 0.824. The van der Waals surface area contributed by atoms with Crippen molar-refractivity contribution in [1.82, 2.24) is 10.2 Å². The van der Waals surface area contributed by atoms with Gasteiger partial charge in [0.2, 0.25) is 5.91 Å². The molecule has 0 spiro atoms. The van der Waals surface area contributed by atoms with Gasteiger partial charge in [0.25, 0.3) is 0 Å². The number of nitrogens with zero attached hydrogens (tertiary/aromatic N) is 1. The first-order valence-corrected chi connectivity index (χ1v) is 9.32. The molecule has 22 heavy (non-hydrogen) atoms. The third-order valence-electron chi connectivity index (χ3n) is 4.20. The van der Waals surface area contributed by atoms with E-state index in [1.54, 1.807) is 18.2 Å². The van der Waals surface area contributed by atoms with E-state index in [4.69, 9.17) is 4.42 Å². The Balaban J connectivity index is 1.65. The van der Waals surface area contributed by atoms with Crippen LogP contribution in [0.15, 0.2) is 28.9 Å². The molecule has 2 fully saturated rings. The minimum atomic E-state index is -3.08. The molecule has 0 unspecified atom stereocenters. The fourth-order valence-electron chi connectivity index (χ4n) is 3.17. The normalized spacial score (nSPS) is 28.4. The van der Waals surface area contributed by atoms with Crippen LogP contribution in [0.3, 0.4) is 0 Å². The summed E-state index contributed by atoms with van der Waals surface area (Å²) >= 11 is 0. The maximum Gasteiger partial charge on any atom is 0.244 e. The summed E-state index contributed by atoms with van der Waals surface area (Å²) in [5, 5.41) is 2.84. The van der Waals surface area contributed by atoms with Crippen LogP contribution in [-0.4, -0.2) is 55.9 Å². The molecule has 0 bridgehead atoms. The lowest BCUT2D eigenvalue weighted by Gasteiger charge is -2.28. The average molecular weight is 324 g/mol. The number of hydrogen-bond donors (Lipinski definition) is 1. The second-order valence-electron chi connectivity index (χ2n) is 5.85. The first-order chi connectivity index (χ1) is 10.5. The van der Waals surface area contributed by atoms with E-state index < -0.39 is 9.84 Å². The molecule has 1 aromatic rings. The zero-order valence-corrected chi connectivity index (χ0v) is 13.1. The first-order valence-electron chi connectivity index (χ1n) is 7.50. The van der Waals surface area contributed by atoms with Gasteiger partial charge in [-0.05, 0) is 44.1 Å². The molecule has 3 heterocycles. The smallest absolute Gasteiger partial charge is 0.244 e. The van der Waals surface area contributed by atoms with Gasteiger partial charge in [-0.25, -0.2) is 8.42 Å². The molecule has 2 aliphatic rings. The summed E-state index contributed by atoms with van der Waals surface area (Å²) < 4.78 is 29.0. The summed E-state index contributed by atoms with van der Waals surface area (Å²) in [5.74, 6) is 0.460. The molecule has 1 N–H and O–H groups in total. The van der Waals surface area contributed by atoms with Crippen molar-refractivity contribution in [2.45, 2.75) is 24.9 Å². The van der Waals surface area contributed by atoms with Crippen LogP contribution in [0.25, 0.3) is 6.08 Å². The highest BCUT2D eigenvalue weighted by atomic mass is 32.2. The Hall–Kier alpha value is -1.60. The SMILES string of the molecule is O=C(/C=C\c1ccco1)N[C@@H]1CS(=O)(=O)C[C@@H]1N1CCCC1. The second kappa shape index (κ2) is 6.26. The maximum absolute atomic E-state index is 12.0. The Morgan fingerprint density at radius 2 is 2.09 bits per heavy atom. The van der Waals surface area contributed by atoms with E-state index in [0.29, 0.717) is 5.76 Å². The largest absolute Gasteiger partial charge is 0.465 e. The summed E-state index contributed by atoms with van der Waals surface area (Å²) in [7, 11) is -3.08. The summed E-state index contributed by atoms with van der Waals surface area (Å²) in [6.07, 6.45) is 6.67. The fourth-order valence-corrected chi connectivity index (χ4v) is 5.13. The van der Waals surface area contributed by atoms with Gasteiger partial charge in [-0.2, -0.15) is 0 Å². The van der Waals surface area contributed by atoms with Crippen molar-refractivity contribution in [2.24, 2.45) is 0 Å². The maximum atomic E-state index is 12.0. The van der Waals surface area contributed by atoms with Gasteiger partial charge in [0.05, 0.1) is 23.8 Å². The lowest BCUT2D eigenvalue weighted by molar-refractivity contribution is -0.117. The molecule has 120 valence electrons. The molecule has 0 saturated carbocycles. The van der Waals surface area contributed by atoms with Crippen LogP contribution < -0.4 is 5.32 Å². The number of nitrogens with one attached hydrogen (secondary N) is 1. The van der Waals surface area contributed by atoms with E-state index in [9.17, 15) is 13.2 Å². The Labute approximate surface area is 130 Å². The minimum Gasteiger partial charge on any atom is -0.465 e. The summed E-state index contributed by atoms with van der Waals surface area (Å²) in [4.78, 5) is 14.2. The number of likely N-dealkylation sites (tertiary alicyclic amines) is 1. The molecular weight excluding hydrogens is 304 g/mol. The number of carbonyl (C=O) groups excluding carboxylic acids is 1. The number of amides is 1. The molecule has 3 rings (SSSR count). The Bertz CT molecular complexity index is 645. The summed E-state index contributed by atoms with van der Waals surface area (Å²) in [5.41, 5.74) is 0. The van der Waals surface area contributed by atoms with Crippen LogP contribution in [0.4, 0.5) is 0 Å². The van der Waals surface area contributed by atoms with Crippen molar-refractivity contribution >= 4 is 21.8 Å². The van der Waals surface area contributed by atoms with Crippen LogP contribution in [0.1, 0.15) is 18.6 Å². The third-order valence-corrected chi connectivity index (χ3v) is 5.92. The van der Waals surface area contributed by atoms with Gasteiger partial charge in [-0.15, -0.1) is 0 Å². The van der Waals surface area contributed by atoms with Crippen LogP contribution in [0.5, 0.6) is 0 Å². The number of rotatable bonds is 4. The van der Waals surface area contributed by atoms with Crippen molar-refractivity contribution in [3.05, 3.63) is 30.2 Å². The number of hydrogen-bond acceptors (Lipinski definition) is 5. The number of carbonyl (C=O) groups is 1. The van der Waals surface area contributed by atoms with Gasteiger partial charge in [-0.3, -0.25) is 9.69 Å². The molecular formula is C15H20N2O4S. The van der Waals surface area contributed by atoms with Gasteiger partial charge in [0.1, 0.15) is 5.76 Å². The zero-order chi connectivity index (χ0) is 15.6. The van der Waals surface area contributed by atoms with E-state index in [0.717, 1.165) is 25.9 Å².